The number of carbonyl (C=O) groups is 1. The molecule has 0 saturated carbocycles. The molecular weight excluding hydrogens is 472 g/mol. The van der Waals surface area contributed by atoms with E-state index in [-0.39, 0.29) is 11.7 Å². The number of thioether (sulfide) groups is 1. The van der Waals surface area contributed by atoms with E-state index in [2.05, 4.69) is 70.5 Å². The number of amides is 1. The van der Waals surface area contributed by atoms with Crippen LogP contribution in [-0.4, -0.2) is 26.4 Å². The molecule has 0 radical (unpaired) electrons. The van der Waals surface area contributed by atoms with Gasteiger partial charge >= 0.3 is 0 Å². The number of nitrogens with one attached hydrogen (secondary N) is 1. The summed E-state index contributed by atoms with van der Waals surface area (Å²) in [4.78, 5) is 13.6. The molecule has 0 unspecified atom stereocenters. The Hall–Kier alpha value is -2.61. The summed E-state index contributed by atoms with van der Waals surface area (Å²) in [7, 11) is 0. The number of nitrogens with zero attached hydrogens (tertiary/aromatic N) is 3. The lowest BCUT2D eigenvalue weighted by Crippen LogP contribution is -2.24. The Morgan fingerprint density at radius 1 is 1.09 bits per heavy atom. The average molecular weight is 497 g/mol. The zero-order valence-corrected chi connectivity index (χ0v) is 21.2. The highest BCUT2D eigenvalue weighted by molar-refractivity contribution is 7.99. The minimum Gasteiger partial charge on any atom is -0.351 e. The first-order valence-electron chi connectivity index (χ1n) is 10.7. The van der Waals surface area contributed by atoms with Crippen molar-refractivity contribution in [3.63, 3.8) is 0 Å². The molecular formula is C25H25ClN4OS2. The molecule has 170 valence electrons. The zero-order chi connectivity index (χ0) is 23.4. The molecule has 2 aromatic carbocycles. The maximum absolute atomic E-state index is 12.4. The molecule has 0 aliphatic carbocycles. The molecule has 0 fully saturated rings. The highest BCUT2D eigenvalue weighted by Gasteiger charge is 2.20. The van der Waals surface area contributed by atoms with Crippen LogP contribution in [0.15, 0.2) is 59.1 Å². The minimum atomic E-state index is -0.0473. The number of hydrogen-bond donors (Lipinski definition) is 1. The lowest BCUT2D eigenvalue weighted by molar-refractivity contribution is -0.118. The summed E-state index contributed by atoms with van der Waals surface area (Å²) in [5.41, 5.74) is 5.69. The molecule has 33 heavy (non-hydrogen) atoms. The normalized spacial score (nSPS) is 11.0. The van der Waals surface area contributed by atoms with E-state index >= 15 is 0 Å². The predicted molar refractivity (Wildman–Crippen MR) is 138 cm³/mol. The SMILES string of the molecule is CCn1c(SCC(=O)NCc2ccc(Cl)cc2)nnc1-c1csc(C)c1-c1ccc(C)cc1. The summed E-state index contributed by atoms with van der Waals surface area (Å²) in [6.07, 6.45) is 0. The molecule has 4 aromatic rings. The molecule has 8 heteroatoms. The third-order valence-corrected chi connectivity index (χ3v) is 7.45. The fourth-order valence-corrected chi connectivity index (χ4v) is 5.38. The van der Waals surface area contributed by atoms with Crippen LogP contribution in [0.2, 0.25) is 5.02 Å². The third kappa shape index (κ3) is 5.49. The van der Waals surface area contributed by atoms with Crippen molar-refractivity contribution in [1.29, 1.82) is 0 Å². The maximum Gasteiger partial charge on any atom is 0.230 e. The number of carbonyl (C=O) groups excluding carboxylic acids is 1. The topological polar surface area (TPSA) is 59.8 Å². The van der Waals surface area contributed by atoms with Crippen LogP contribution >= 0.6 is 34.7 Å². The van der Waals surface area contributed by atoms with Crippen LogP contribution < -0.4 is 5.32 Å². The van der Waals surface area contributed by atoms with Crippen LogP contribution in [0.4, 0.5) is 0 Å². The van der Waals surface area contributed by atoms with Gasteiger partial charge in [-0.1, -0.05) is 65.3 Å². The van der Waals surface area contributed by atoms with Crippen LogP contribution in [0.3, 0.4) is 0 Å². The van der Waals surface area contributed by atoms with Crippen molar-refractivity contribution in [1.82, 2.24) is 20.1 Å². The van der Waals surface area contributed by atoms with Gasteiger partial charge in [0.2, 0.25) is 5.91 Å². The van der Waals surface area contributed by atoms with Crippen molar-refractivity contribution in [2.75, 3.05) is 5.75 Å². The Kier molecular flexibility index (Phi) is 7.53. The Morgan fingerprint density at radius 2 is 1.82 bits per heavy atom. The zero-order valence-electron chi connectivity index (χ0n) is 18.8. The van der Waals surface area contributed by atoms with Gasteiger partial charge in [-0.15, -0.1) is 21.5 Å². The Labute approximate surface area is 207 Å². The molecule has 0 aliphatic rings. The van der Waals surface area contributed by atoms with E-state index in [4.69, 9.17) is 11.6 Å². The largest absolute Gasteiger partial charge is 0.351 e. The first-order chi connectivity index (χ1) is 16.0. The number of benzene rings is 2. The van der Waals surface area contributed by atoms with Crippen molar-refractivity contribution in [3.05, 3.63) is 74.9 Å². The molecule has 1 N–H and O–H groups in total. The molecule has 0 spiro atoms. The second kappa shape index (κ2) is 10.5. The van der Waals surface area contributed by atoms with Crippen molar-refractivity contribution in [3.8, 4) is 22.5 Å². The number of halogens is 1. The summed E-state index contributed by atoms with van der Waals surface area (Å²) < 4.78 is 2.08. The third-order valence-electron chi connectivity index (χ3n) is 5.32. The van der Waals surface area contributed by atoms with Crippen LogP contribution in [-0.2, 0) is 17.9 Å². The van der Waals surface area contributed by atoms with E-state index in [0.29, 0.717) is 11.6 Å². The van der Waals surface area contributed by atoms with E-state index in [1.807, 2.05) is 24.3 Å². The number of aryl methyl sites for hydroxylation is 2. The van der Waals surface area contributed by atoms with Gasteiger partial charge in [0, 0.05) is 39.5 Å². The van der Waals surface area contributed by atoms with E-state index in [0.717, 1.165) is 28.7 Å². The molecule has 1 amide bonds. The van der Waals surface area contributed by atoms with Crippen molar-refractivity contribution in [2.45, 2.75) is 39.0 Å². The van der Waals surface area contributed by atoms with Crippen LogP contribution in [0.1, 0.15) is 22.9 Å². The van der Waals surface area contributed by atoms with Crippen molar-refractivity contribution < 1.29 is 4.79 Å². The second-order valence-electron chi connectivity index (χ2n) is 7.69. The van der Waals surface area contributed by atoms with Crippen LogP contribution in [0.5, 0.6) is 0 Å². The van der Waals surface area contributed by atoms with Crippen LogP contribution in [0, 0.1) is 13.8 Å². The lowest BCUT2D eigenvalue weighted by Gasteiger charge is -2.10. The highest BCUT2D eigenvalue weighted by atomic mass is 35.5. The molecule has 0 bridgehead atoms. The van der Waals surface area contributed by atoms with E-state index in [9.17, 15) is 4.79 Å². The molecule has 0 saturated heterocycles. The standard InChI is InChI=1S/C25H25ClN4OS2/c1-4-30-24(21-14-32-17(3)23(21)19-9-5-16(2)6-10-19)28-29-25(30)33-15-22(31)27-13-18-7-11-20(26)12-8-18/h5-12,14H,4,13,15H2,1-3H3,(H,27,31). The van der Waals surface area contributed by atoms with Gasteiger partial charge in [-0.3, -0.25) is 4.79 Å². The average Bonchev–Trinajstić information content (AvgIpc) is 3.40. The first kappa shape index (κ1) is 23.5. The molecule has 2 aromatic heterocycles. The predicted octanol–water partition coefficient (Wildman–Crippen LogP) is 6.37. The fraction of sp³-hybridized carbons (Fsp3) is 0.240. The van der Waals surface area contributed by atoms with Crippen molar-refractivity contribution >= 4 is 40.6 Å². The van der Waals surface area contributed by atoms with Gasteiger partial charge in [0.25, 0.3) is 0 Å². The quantitative estimate of drug-likeness (QED) is 0.288. The van der Waals surface area contributed by atoms with Crippen molar-refractivity contribution in [2.24, 2.45) is 0 Å². The van der Waals surface area contributed by atoms with E-state index in [1.54, 1.807) is 11.3 Å². The van der Waals surface area contributed by atoms with Gasteiger partial charge in [0.15, 0.2) is 11.0 Å². The Bertz CT molecular complexity index is 1250. The van der Waals surface area contributed by atoms with E-state index in [1.165, 1.54) is 33.3 Å². The summed E-state index contributed by atoms with van der Waals surface area (Å²) >= 11 is 9.03. The van der Waals surface area contributed by atoms with Gasteiger partial charge in [-0.2, -0.15) is 0 Å². The number of aromatic nitrogens is 3. The second-order valence-corrected chi connectivity index (χ2v) is 10.2. The highest BCUT2D eigenvalue weighted by Crippen LogP contribution is 2.39. The maximum atomic E-state index is 12.4. The summed E-state index contributed by atoms with van der Waals surface area (Å²) in [6.45, 7) is 7.49. The first-order valence-corrected chi connectivity index (χ1v) is 12.9. The lowest BCUT2D eigenvalue weighted by atomic mass is 10.0. The van der Waals surface area contributed by atoms with Gasteiger partial charge in [0.1, 0.15) is 0 Å². The summed E-state index contributed by atoms with van der Waals surface area (Å²) in [5, 5.41) is 15.4. The molecule has 4 rings (SSSR count). The smallest absolute Gasteiger partial charge is 0.230 e. The van der Waals surface area contributed by atoms with Gasteiger partial charge in [-0.25, -0.2) is 0 Å². The number of thiophene rings is 1. The summed E-state index contributed by atoms with van der Waals surface area (Å²) in [6, 6.07) is 16.0. The van der Waals surface area contributed by atoms with Gasteiger partial charge in [0.05, 0.1) is 5.75 Å². The number of rotatable bonds is 8. The van der Waals surface area contributed by atoms with Crippen LogP contribution in [0.25, 0.3) is 22.5 Å². The molecule has 0 atom stereocenters. The monoisotopic (exact) mass is 496 g/mol. The summed E-state index contributed by atoms with van der Waals surface area (Å²) in [5.74, 6) is 1.06. The van der Waals surface area contributed by atoms with E-state index < -0.39 is 0 Å². The Morgan fingerprint density at radius 3 is 2.52 bits per heavy atom. The molecule has 2 heterocycles. The Balaban J connectivity index is 1.48. The van der Waals surface area contributed by atoms with Gasteiger partial charge < -0.3 is 9.88 Å². The number of hydrogen-bond acceptors (Lipinski definition) is 5. The molecule has 5 nitrogen and oxygen atoms in total. The minimum absolute atomic E-state index is 0.0473. The molecule has 0 aliphatic heterocycles. The fourth-order valence-electron chi connectivity index (χ4n) is 3.56. The van der Waals surface area contributed by atoms with Gasteiger partial charge in [-0.05, 0) is 44.0 Å².